The molecule has 0 radical (unpaired) electrons. The summed E-state index contributed by atoms with van der Waals surface area (Å²) in [6.07, 6.45) is -0.819. The highest BCUT2D eigenvalue weighted by Gasteiger charge is 2.12. The Morgan fingerprint density at radius 2 is 1.72 bits per heavy atom. The van der Waals surface area contributed by atoms with E-state index in [4.69, 9.17) is 9.47 Å². The zero-order chi connectivity index (χ0) is 22.9. The molecule has 0 fully saturated rings. The second kappa shape index (κ2) is 10.5. The molecular formula is C22H20N4O6. The fraction of sp³-hybridized carbons (Fsp3) is 0.136. The Morgan fingerprint density at radius 3 is 2.41 bits per heavy atom. The predicted octanol–water partition coefficient (Wildman–Crippen LogP) is 2.49. The molecule has 0 atom stereocenters. The molecule has 10 heteroatoms. The first-order valence-electron chi connectivity index (χ1n) is 9.64. The summed E-state index contributed by atoms with van der Waals surface area (Å²) >= 11 is 0. The minimum absolute atomic E-state index is 0.0496. The standard InChI is InChI=1S/C22H20N4O6/c1-2-31-22(30)32-16-9-7-14(8-10-16)20(28)23-13-15-5-3-4-6-17(15)24-21(29)18-11-12-19(27)26-25-18/h3-12H,2,13H2,1H3,(H,23,28)(H,24,29)(H,26,27). The highest BCUT2D eigenvalue weighted by molar-refractivity contribution is 6.03. The zero-order valence-electron chi connectivity index (χ0n) is 17.1. The molecule has 0 saturated heterocycles. The summed E-state index contributed by atoms with van der Waals surface area (Å²) in [6.45, 7) is 2.01. The average Bonchev–Trinajstić information content (AvgIpc) is 2.79. The van der Waals surface area contributed by atoms with Crippen LogP contribution in [0, 0.1) is 0 Å². The van der Waals surface area contributed by atoms with E-state index in [9.17, 15) is 19.2 Å². The normalized spacial score (nSPS) is 10.2. The van der Waals surface area contributed by atoms with Crippen molar-refractivity contribution in [3.8, 4) is 5.75 Å². The molecule has 2 aromatic carbocycles. The number of para-hydroxylation sites is 1. The fourth-order valence-electron chi connectivity index (χ4n) is 2.65. The molecule has 0 bridgehead atoms. The number of hydrogen-bond donors (Lipinski definition) is 3. The number of rotatable bonds is 7. The van der Waals surface area contributed by atoms with Gasteiger partial charge < -0.3 is 20.1 Å². The van der Waals surface area contributed by atoms with Crippen LogP contribution >= 0.6 is 0 Å². The number of nitrogens with one attached hydrogen (secondary N) is 3. The van der Waals surface area contributed by atoms with Crippen molar-refractivity contribution in [3.05, 3.63) is 87.8 Å². The minimum Gasteiger partial charge on any atom is -0.434 e. The molecule has 0 aliphatic carbocycles. The number of amides is 2. The van der Waals surface area contributed by atoms with Gasteiger partial charge in [0.1, 0.15) is 11.4 Å². The molecule has 2 amide bonds. The van der Waals surface area contributed by atoms with Crippen LogP contribution in [0.2, 0.25) is 0 Å². The van der Waals surface area contributed by atoms with Crippen LogP contribution in [-0.2, 0) is 11.3 Å². The van der Waals surface area contributed by atoms with E-state index in [0.29, 0.717) is 16.8 Å². The number of nitrogens with zero attached hydrogens (tertiary/aromatic N) is 1. The summed E-state index contributed by atoms with van der Waals surface area (Å²) in [4.78, 5) is 47.3. The first-order chi connectivity index (χ1) is 15.5. The van der Waals surface area contributed by atoms with E-state index in [-0.39, 0.29) is 30.5 Å². The number of H-pyrrole nitrogens is 1. The van der Waals surface area contributed by atoms with Crippen molar-refractivity contribution in [1.82, 2.24) is 15.5 Å². The summed E-state index contributed by atoms with van der Waals surface area (Å²) in [5.41, 5.74) is 1.16. The summed E-state index contributed by atoms with van der Waals surface area (Å²) < 4.78 is 9.65. The van der Waals surface area contributed by atoms with E-state index in [0.717, 1.165) is 0 Å². The van der Waals surface area contributed by atoms with Crippen LogP contribution in [0.3, 0.4) is 0 Å². The van der Waals surface area contributed by atoms with Crippen LogP contribution in [0.1, 0.15) is 33.3 Å². The van der Waals surface area contributed by atoms with Crippen molar-refractivity contribution < 1.29 is 23.9 Å². The van der Waals surface area contributed by atoms with E-state index in [1.54, 1.807) is 31.2 Å². The number of hydrogen-bond acceptors (Lipinski definition) is 7. The number of benzene rings is 2. The molecule has 10 nitrogen and oxygen atoms in total. The van der Waals surface area contributed by atoms with Crippen molar-refractivity contribution in [2.75, 3.05) is 11.9 Å². The third kappa shape index (κ3) is 6.02. The van der Waals surface area contributed by atoms with Crippen LogP contribution in [0.5, 0.6) is 5.75 Å². The van der Waals surface area contributed by atoms with Gasteiger partial charge in [-0.15, -0.1) is 0 Å². The molecule has 1 heterocycles. The van der Waals surface area contributed by atoms with Gasteiger partial charge in [-0.05, 0) is 48.9 Å². The molecule has 3 rings (SSSR count). The Labute approximate surface area is 182 Å². The molecule has 0 saturated carbocycles. The van der Waals surface area contributed by atoms with Crippen molar-refractivity contribution in [2.24, 2.45) is 0 Å². The Bertz CT molecular complexity index is 1150. The van der Waals surface area contributed by atoms with E-state index in [1.807, 2.05) is 0 Å². The van der Waals surface area contributed by atoms with E-state index in [1.165, 1.54) is 36.4 Å². The first-order valence-corrected chi connectivity index (χ1v) is 9.64. The van der Waals surface area contributed by atoms with Gasteiger partial charge in [0.05, 0.1) is 6.61 Å². The molecule has 164 valence electrons. The predicted molar refractivity (Wildman–Crippen MR) is 115 cm³/mol. The van der Waals surface area contributed by atoms with E-state index >= 15 is 0 Å². The summed E-state index contributed by atoms with van der Waals surface area (Å²) in [6, 6.07) is 15.5. The molecule has 0 aliphatic heterocycles. The summed E-state index contributed by atoms with van der Waals surface area (Å²) in [7, 11) is 0. The summed E-state index contributed by atoms with van der Waals surface area (Å²) in [5, 5.41) is 11.4. The van der Waals surface area contributed by atoms with Crippen molar-refractivity contribution in [1.29, 1.82) is 0 Å². The first kappa shape index (κ1) is 22.2. The summed E-state index contributed by atoms with van der Waals surface area (Å²) in [5.74, 6) is -0.600. The second-order valence-corrected chi connectivity index (χ2v) is 6.41. The van der Waals surface area contributed by atoms with Gasteiger partial charge in [-0.25, -0.2) is 9.89 Å². The molecule has 0 unspecified atom stereocenters. The van der Waals surface area contributed by atoms with Gasteiger partial charge in [0, 0.05) is 23.9 Å². The molecule has 0 aliphatic rings. The lowest BCUT2D eigenvalue weighted by molar-refractivity contribution is 0.0950. The third-order valence-corrected chi connectivity index (χ3v) is 4.20. The number of aromatic amines is 1. The highest BCUT2D eigenvalue weighted by atomic mass is 16.7. The lowest BCUT2D eigenvalue weighted by atomic mass is 10.1. The van der Waals surface area contributed by atoms with Gasteiger partial charge >= 0.3 is 6.16 Å². The Kier molecular flexibility index (Phi) is 7.31. The third-order valence-electron chi connectivity index (χ3n) is 4.20. The lowest BCUT2D eigenvalue weighted by Crippen LogP contribution is -2.24. The van der Waals surface area contributed by atoms with Gasteiger partial charge in [-0.3, -0.25) is 14.4 Å². The maximum atomic E-state index is 12.5. The van der Waals surface area contributed by atoms with Crippen molar-refractivity contribution in [3.63, 3.8) is 0 Å². The molecule has 3 N–H and O–H groups in total. The number of carbonyl (C=O) groups excluding carboxylic acids is 3. The molecule has 1 aromatic heterocycles. The van der Waals surface area contributed by atoms with Gasteiger partial charge in [0.25, 0.3) is 17.4 Å². The van der Waals surface area contributed by atoms with Crippen LogP contribution in [0.25, 0.3) is 0 Å². The monoisotopic (exact) mass is 436 g/mol. The zero-order valence-corrected chi connectivity index (χ0v) is 17.1. The molecule has 0 spiro atoms. The number of ether oxygens (including phenoxy) is 2. The van der Waals surface area contributed by atoms with Gasteiger partial charge in [0.15, 0.2) is 0 Å². The van der Waals surface area contributed by atoms with Crippen molar-refractivity contribution in [2.45, 2.75) is 13.5 Å². The Morgan fingerprint density at radius 1 is 0.969 bits per heavy atom. The number of anilines is 1. The van der Waals surface area contributed by atoms with Gasteiger partial charge in [-0.2, -0.15) is 5.10 Å². The SMILES string of the molecule is CCOC(=O)Oc1ccc(C(=O)NCc2ccccc2NC(=O)c2ccc(=O)[nH]n2)cc1. The molecular weight excluding hydrogens is 416 g/mol. The highest BCUT2D eigenvalue weighted by Crippen LogP contribution is 2.17. The quantitative estimate of drug-likeness (QED) is 0.382. The smallest absolute Gasteiger partial charge is 0.434 e. The Balaban J connectivity index is 1.61. The minimum atomic E-state index is -0.819. The average molecular weight is 436 g/mol. The van der Waals surface area contributed by atoms with Gasteiger partial charge in [0.2, 0.25) is 0 Å². The van der Waals surface area contributed by atoms with E-state index < -0.39 is 17.6 Å². The fourth-order valence-corrected chi connectivity index (χ4v) is 2.65. The molecule has 32 heavy (non-hydrogen) atoms. The molecule has 3 aromatic rings. The van der Waals surface area contributed by atoms with Crippen LogP contribution in [0.15, 0.2) is 65.5 Å². The largest absolute Gasteiger partial charge is 0.513 e. The van der Waals surface area contributed by atoms with Crippen molar-refractivity contribution >= 4 is 23.7 Å². The number of carbonyl (C=O) groups is 3. The number of aromatic nitrogens is 2. The lowest BCUT2D eigenvalue weighted by Gasteiger charge is -2.12. The van der Waals surface area contributed by atoms with Crippen LogP contribution in [-0.4, -0.2) is 34.8 Å². The Hall–Kier alpha value is -4.47. The maximum absolute atomic E-state index is 12.5. The maximum Gasteiger partial charge on any atom is 0.513 e. The van der Waals surface area contributed by atoms with Crippen LogP contribution < -0.4 is 20.9 Å². The van der Waals surface area contributed by atoms with Crippen LogP contribution in [0.4, 0.5) is 10.5 Å². The van der Waals surface area contributed by atoms with E-state index in [2.05, 4.69) is 20.8 Å². The second-order valence-electron chi connectivity index (χ2n) is 6.41. The topological polar surface area (TPSA) is 139 Å². The van der Waals surface area contributed by atoms with Gasteiger partial charge in [-0.1, -0.05) is 18.2 Å².